The van der Waals surface area contributed by atoms with Gasteiger partial charge in [0.25, 0.3) is 0 Å². The highest BCUT2D eigenvalue weighted by Crippen LogP contribution is 2.39. The monoisotopic (exact) mass is 355 g/mol. The molecule has 6 nitrogen and oxygen atoms in total. The van der Waals surface area contributed by atoms with Crippen LogP contribution in [0.1, 0.15) is 29.3 Å². The van der Waals surface area contributed by atoms with Crippen LogP contribution in [0, 0.1) is 0 Å². The summed E-state index contributed by atoms with van der Waals surface area (Å²) in [5.74, 6) is 2.26. The van der Waals surface area contributed by atoms with Crippen molar-refractivity contribution in [3.05, 3.63) is 47.0 Å². The summed E-state index contributed by atoms with van der Waals surface area (Å²) in [5, 5.41) is 0. The molecule has 1 heterocycles. The molecule has 2 aromatic rings. The second-order valence-corrected chi connectivity index (χ2v) is 5.76. The van der Waals surface area contributed by atoms with Crippen molar-refractivity contribution in [1.82, 2.24) is 0 Å². The van der Waals surface area contributed by atoms with Crippen LogP contribution in [0.4, 0.5) is 5.69 Å². The van der Waals surface area contributed by atoms with Crippen LogP contribution in [0.25, 0.3) is 6.08 Å². The highest BCUT2D eigenvalue weighted by Gasteiger charge is 2.19. The van der Waals surface area contributed by atoms with Crippen LogP contribution < -0.4 is 24.7 Å². The number of ether oxygens (including phenoxy) is 4. The van der Waals surface area contributed by atoms with E-state index in [4.69, 9.17) is 24.7 Å². The molecule has 0 spiro atoms. The summed E-state index contributed by atoms with van der Waals surface area (Å²) in [7, 11) is 3.10. The molecule has 26 heavy (non-hydrogen) atoms. The molecular formula is C20H21NO5. The number of allylic oxidation sites excluding steroid dienone is 1. The third-order valence-electron chi connectivity index (χ3n) is 4.22. The first-order chi connectivity index (χ1) is 12.6. The molecule has 0 saturated carbocycles. The molecule has 0 fully saturated rings. The Kier molecular flexibility index (Phi) is 5.02. The summed E-state index contributed by atoms with van der Waals surface area (Å²) in [6.45, 7) is 2.11. The smallest absolute Gasteiger partial charge is 0.231 e. The van der Waals surface area contributed by atoms with Gasteiger partial charge in [0.05, 0.1) is 19.9 Å². The molecule has 1 aliphatic heterocycles. The predicted molar refractivity (Wildman–Crippen MR) is 99.1 cm³/mol. The zero-order valence-electron chi connectivity index (χ0n) is 15.0. The normalized spacial score (nSPS) is 12.8. The number of nitrogen functional groups attached to an aromatic ring is 1. The van der Waals surface area contributed by atoms with Crippen LogP contribution in [0.15, 0.2) is 35.9 Å². The van der Waals surface area contributed by atoms with Crippen LogP contribution in [-0.2, 0) is 0 Å². The number of benzene rings is 2. The summed E-state index contributed by atoms with van der Waals surface area (Å²) >= 11 is 0. The molecule has 2 N–H and O–H groups in total. The molecule has 0 aliphatic carbocycles. The van der Waals surface area contributed by atoms with Crippen molar-refractivity contribution in [2.45, 2.75) is 13.3 Å². The van der Waals surface area contributed by atoms with Gasteiger partial charge in [-0.05, 0) is 36.8 Å². The summed E-state index contributed by atoms with van der Waals surface area (Å²) in [6.07, 6.45) is 2.37. The highest BCUT2D eigenvalue weighted by atomic mass is 16.7. The Morgan fingerprint density at radius 2 is 1.81 bits per heavy atom. The number of Topliss-reactive ketones (excluding diaryl/α,β-unsaturated/α-hetero) is 1. The van der Waals surface area contributed by atoms with Crippen LogP contribution in [0.5, 0.6) is 23.0 Å². The van der Waals surface area contributed by atoms with E-state index in [0.717, 1.165) is 5.56 Å². The minimum absolute atomic E-state index is 0.0921. The van der Waals surface area contributed by atoms with Crippen molar-refractivity contribution < 1.29 is 23.7 Å². The fraction of sp³-hybridized carbons (Fsp3) is 0.250. The van der Waals surface area contributed by atoms with E-state index >= 15 is 0 Å². The lowest BCUT2D eigenvalue weighted by Gasteiger charge is -2.10. The molecule has 6 heteroatoms. The quantitative estimate of drug-likeness (QED) is 0.484. The van der Waals surface area contributed by atoms with Gasteiger partial charge in [0, 0.05) is 22.8 Å². The average molecular weight is 355 g/mol. The number of hydrogen-bond acceptors (Lipinski definition) is 6. The van der Waals surface area contributed by atoms with E-state index in [0.29, 0.717) is 46.2 Å². The van der Waals surface area contributed by atoms with Gasteiger partial charge in [-0.25, -0.2) is 0 Å². The van der Waals surface area contributed by atoms with Crippen molar-refractivity contribution >= 4 is 17.5 Å². The molecule has 0 saturated heterocycles. The number of carbonyl (C=O) groups excluding carboxylic acids is 1. The van der Waals surface area contributed by atoms with E-state index in [1.165, 1.54) is 7.11 Å². The van der Waals surface area contributed by atoms with Gasteiger partial charge in [-0.3, -0.25) is 4.79 Å². The number of fused-ring (bicyclic) bond motifs is 1. The molecule has 3 rings (SSSR count). The Labute approximate surface area is 152 Å². The van der Waals surface area contributed by atoms with Crippen molar-refractivity contribution in [2.75, 3.05) is 26.7 Å². The molecule has 0 bridgehead atoms. The Morgan fingerprint density at radius 1 is 1.12 bits per heavy atom. The van der Waals surface area contributed by atoms with Gasteiger partial charge in [0.15, 0.2) is 17.3 Å². The fourth-order valence-electron chi connectivity index (χ4n) is 2.78. The Bertz CT molecular complexity index is 873. The SMILES string of the molecule is CC/C(=C\c1cc2c(cc1OC)OCO2)C(=O)c1ccc(N)c(OC)c1. The third kappa shape index (κ3) is 3.31. The minimum Gasteiger partial charge on any atom is -0.496 e. The average Bonchev–Trinajstić information content (AvgIpc) is 3.12. The highest BCUT2D eigenvalue weighted by molar-refractivity contribution is 6.11. The van der Waals surface area contributed by atoms with E-state index < -0.39 is 0 Å². The number of rotatable bonds is 6. The summed E-state index contributed by atoms with van der Waals surface area (Å²) < 4.78 is 21.4. The molecule has 0 unspecified atom stereocenters. The van der Waals surface area contributed by atoms with Crippen LogP contribution in [-0.4, -0.2) is 26.8 Å². The van der Waals surface area contributed by atoms with Gasteiger partial charge in [-0.15, -0.1) is 0 Å². The minimum atomic E-state index is -0.0921. The topological polar surface area (TPSA) is 80.0 Å². The lowest BCUT2D eigenvalue weighted by molar-refractivity contribution is 0.103. The molecule has 1 aliphatic rings. The van der Waals surface area contributed by atoms with Crippen molar-refractivity contribution in [3.8, 4) is 23.0 Å². The van der Waals surface area contributed by atoms with E-state index in [2.05, 4.69) is 0 Å². The van der Waals surface area contributed by atoms with Crippen molar-refractivity contribution in [3.63, 3.8) is 0 Å². The van der Waals surface area contributed by atoms with Gasteiger partial charge in [0.2, 0.25) is 6.79 Å². The first-order valence-corrected chi connectivity index (χ1v) is 8.23. The van der Waals surface area contributed by atoms with E-state index in [1.54, 1.807) is 31.4 Å². The molecule has 2 aromatic carbocycles. The first kappa shape index (κ1) is 17.7. The second-order valence-electron chi connectivity index (χ2n) is 5.76. The maximum Gasteiger partial charge on any atom is 0.231 e. The third-order valence-corrected chi connectivity index (χ3v) is 4.22. The zero-order chi connectivity index (χ0) is 18.7. The van der Waals surface area contributed by atoms with E-state index in [9.17, 15) is 4.79 Å². The molecular weight excluding hydrogens is 334 g/mol. The standard InChI is InChI=1S/C20H21NO5/c1-4-12(20(22)13-5-6-15(21)17(8-13)24-3)7-14-9-18-19(26-11-25-18)10-16(14)23-2/h5-10H,4,11,21H2,1-3H3/b12-7+. The van der Waals surface area contributed by atoms with Crippen LogP contribution in [0.3, 0.4) is 0 Å². The maximum absolute atomic E-state index is 12.9. The zero-order valence-corrected chi connectivity index (χ0v) is 15.0. The molecule has 0 amide bonds. The van der Waals surface area contributed by atoms with Gasteiger partial charge in [-0.2, -0.15) is 0 Å². The summed E-state index contributed by atoms with van der Waals surface area (Å²) in [4.78, 5) is 12.9. The Hall–Kier alpha value is -3.15. The van der Waals surface area contributed by atoms with Crippen LogP contribution in [0.2, 0.25) is 0 Å². The maximum atomic E-state index is 12.9. The summed E-state index contributed by atoms with van der Waals surface area (Å²) in [5.41, 5.74) is 8.22. The molecule has 0 radical (unpaired) electrons. The number of hydrogen-bond donors (Lipinski definition) is 1. The van der Waals surface area contributed by atoms with Crippen LogP contribution >= 0.6 is 0 Å². The number of carbonyl (C=O) groups is 1. The number of ketones is 1. The Balaban J connectivity index is 1.99. The lowest BCUT2D eigenvalue weighted by Crippen LogP contribution is -2.04. The molecule has 0 atom stereocenters. The predicted octanol–water partition coefficient (Wildman–Crippen LogP) is 3.69. The van der Waals surface area contributed by atoms with Gasteiger partial charge in [0.1, 0.15) is 11.5 Å². The molecule has 136 valence electrons. The number of methoxy groups -OCH3 is 2. The van der Waals surface area contributed by atoms with E-state index in [1.807, 2.05) is 19.1 Å². The fourth-order valence-corrected chi connectivity index (χ4v) is 2.78. The largest absolute Gasteiger partial charge is 0.496 e. The summed E-state index contributed by atoms with van der Waals surface area (Å²) in [6, 6.07) is 8.59. The first-order valence-electron chi connectivity index (χ1n) is 8.23. The molecule has 0 aromatic heterocycles. The van der Waals surface area contributed by atoms with Gasteiger partial charge in [-0.1, -0.05) is 6.92 Å². The second kappa shape index (κ2) is 7.39. The Morgan fingerprint density at radius 3 is 2.46 bits per heavy atom. The van der Waals surface area contributed by atoms with Crippen molar-refractivity contribution in [2.24, 2.45) is 0 Å². The van der Waals surface area contributed by atoms with Crippen molar-refractivity contribution in [1.29, 1.82) is 0 Å². The van der Waals surface area contributed by atoms with E-state index in [-0.39, 0.29) is 12.6 Å². The van der Waals surface area contributed by atoms with Gasteiger partial charge >= 0.3 is 0 Å². The van der Waals surface area contributed by atoms with Gasteiger partial charge < -0.3 is 24.7 Å². The lowest BCUT2D eigenvalue weighted by atomic mass is 9.98. The number of anilines is 1. The number of nitrogens with two attached hydrogens (primary N) is 1.